The number of carbonyl (C=O) groups is 4. The summed E-state index contributed by atoms with van der Waals surface area (Å²) < 4.78 is 5.38. The second kappa shape index (κ2) is 7.91. The molecule has 0 radical (unpaired) electrons. The van der Waals surface area contributed by atoms with Gasteiger partial charge < -0.3 is 15.2 Å². The number of benzene rings is 2. The number of nitrogens with one attached hydrogen (secondary N) is 1. The van der Waals surface area contributed by atoms with Crippen molar-refractivity contribution in [3.8, 4) is 5.75 Å². The van der Waals surface area contributed by atoms with E-state index in [2.05, 4.69) is 5.32 Å². The van der Waals surface area contributed by atoms with Gasteiger partial charge in [0, 0.05) is 17.7 Å². The highest BCUT2D eigenvalue weighted by molar-refractivity contribution is 6.06. The summed E-state index contributed by atoms with van der Waals surface area (Å²) in [5, 5.41) is 11.5. The fourth-order valence-electron chi connectivity index (χ4n) is 2.79. The minimum absolute atomic E-state index is 0.0799. The van der Waals surface area contributed by atoms with Crippen LogP contribution >= 0.6 is 0 Å². The minimum Gasteiger partial charge on any atom is -0.482 e. The first-order valence-corrected chi connectivity index (χ1v) is 8.62. The third kappa shape index (κ3) is 4.01. The highest BCUT2D eigenvalue weighted by atomic mass is 16.5. The Bertz CT molecular complexity index is 952. The van der Waals surface area contributed by atoms with Gasteiger partial charge in [-0.2, -0.15) is 0 Å². The Labute approximate surface area is 160 Å². The molecular formula is C20H18N2O6. The van der Waals surface area contributed by atoms with E-state index in [4.69, 9.17) is 9.84 Å². The smallest absolute Gasteiger partial charge is 0.335 e. The SMILES string of the molecule is CCC(=O)c1ccc2c(c1)N(CC(=O)Nc1ccc(C(=O)O)cc1)C(=O)CO2. The van der Waals surface area contributed by atoms with Crippen molar-refractivity contribution in [3.05, 3.63) is 53.6 Å². The van der Waals surface area contributed by atoms with Crippen LogP contribution in [0.25, 0.3) is 0 Å². The van der Waals surface area contributed by atoms with Gasteiger partial charge in [-0.15, -0.1) is 0 Å². The summed E-state index contributed by atoms with van der Waals surface area (Å²) in [5.41, 5.74) is 1.32. The van der Waals surface area contributed by atoms with Crippen LogP contribution < -0.4 is 15.0 Å². The summed E-state index contributed by atoms with van der Waals surface area (Å²) in [6.07, 6.45) is 0.320. The second-order valence-electron chi connectivity index (χ2n) is 6.16. The normalized spacial score (nSPS) is 12.8. The van der Waals surface area contributed by atoms with E-state index < -0.39 is 17.8 Å². The number of hydrogen-bond donors (Lipinski definition) is 2. The molecule has 0 atom stereocenters. The molecule has 2 aromatic rings. The van der Waals surface area contributed by atoms with Crippen molar-refractivity contribution in [3.63, 3.8) is 0 Å². The lowest BCUT2D eigenvalue weighted by atomic mass is 10.1. The lowest BCUT2D eigenvalue weighted by molar-refractivity contribution is -0.123. The molecule has 1 aliphatic rings. The van der Waals surface area contributed by atoms with Crippen LogP contribution in [0.3, 0.4) is 0 Å². The first kappa shape index (κ1) is 19.1. The number of carbonyl (C=O) groups excluding carboxylic acids is 3. The Kier molecular flexibility index (Phi) is 5.39. The molecule has 0 spiro atoms. The van der Waals surface area contributed by atoms with Crippen molar-refractivity contribution in [2.45, 2.75) is 13.3 Å². The summed E-state index contributed by atoms with van der Waals surface area (Å²) >= 11 is 0. The summed E-state index contributed by atoms with van der Waals surface area (Å²) in [6, 6.07) is 10.5. The molecule has 0 aliphatic carbocycles. The van der Waals surface area contributed by atoms with Crippen LogP contribution in [0.1, 0.15) is 34.1 Å². The fraction of sp³-hybridized carbons (Fsp3) is 0.200. The molecular weight excluding hydrogens is 364 g/mol. The predicted molar refractivity (Wildman–Crippen MR) is 101 cm³/mol. The van der Waals surface area contributed by atoms with Gasteiger partial charge in [0.15, 0.2) is 12.4 Å². The predicted octanol–water partition coefficient (Wildman–Crippen LogP) is 2.34. The van der Waals surface area contributed by atoms with Crippen LogP contribution in [0.5, 0.6) is 5.75 Å². The molecule has 1 aliphatic heterocycles. The Morgan fingerprint density at radius 1 is 1.11 bits per heavy atom. The van der Waals surface area contributed by atoms with Crippen LogP contribution in [0.4, 0.5) is 11.4 Å². The monoisotopic (exact) mass is 382 g/mol. The number of nitrogens with zero attached hydrogens (tertiary/aromatic N) is 1. The number of anilines is 2. The van der Waals surface area contributed by atoms with Gasteiger partial charge >= 0.3 is 5.97 Å². The van der Waals surface area contributed by atoms with E-state index in [1.807, 2.05) is 0 Å². The number of ketones is 1. The molecule has 0 unspecified atom stereocenters. The topological polar surface area (TPSA) is 113 Å². The molecule has 8 nitrogen and oxygen atoms in total. The Balaban J connectivity index is 1.78. The molecule has 0 saturated heterocycles. The number of fused-ring (bicyclic) bond motifs is 1. The van der Waals surface area contributed by atoms with Gasteiger partial charge in [-0.3, -0.25) is 19.3 Å². The van der Waals surface area contributed by atoms with Crippen molar-refractivity contribution in [2.24, 2.45) is 0 Å². The maximum Gasteiger partial charge on any atom is 0.335 e. The lowest BCUT2D eigenvalue weighted by Crippen LogP contribution is -2.43. The molecule has 0 saturated carbocycles. The summed E-state index contributed by atoms with van der Waals surface area (Å²) in [5.74, 6) is -1.58. The molecule has 2 amide bonds. The van der Waals surface area contributed by atoms with Crippen molar-refractivity contribution >= 4 is 34.9 Å². The van der Waals surface area contributed by atoms with Gasteiger partial charge in [-0.1, -0.05) is 6.92 Å². The maximum absolute atomic E-state index is 12.4. The third-order valence-corrected chi connectivity index (χ3v) is 4.26. The zero-order valence-corrected chi connectivity index (χ0v) is 15.1. The molecule has 144 valence electrons. The van der Waals surface area contributed by atoms with E-state index in [1.54, 1.807) is 25.1 Å². The average Bonchev–Trinajstić information content (AvgIpc) is 2.69. The zero-order valence-electron chi connectivity index (χ0n) is 15.1. The van der Waals surface area contributed by atoms with Gasteiger partial charge in [-0.25, -0.2) is 4.79 Å². The number of hydrogen-bond acceptors (Lipinski definition) is 5. The molecule has 28 heavy (non-hydrogen) atoms. The van der Waals surface area contributed by atoms with Gasteiger partial charge in [0.25, 0.3) is 5.91 Å². The van der Waals surface area contributed by atoms with E-state index >= 15 is 0 Å². The number of amides is 2. The molecule has 2 N–H and O–H groups in total. The third-order valence-electron chi connectivity index (χ3n) is 4.26. The number of carboxylic acid groups (broad SMARTS) is 1. The van der Waals surface area contributed by atoms with Gasteiger partial charge in [0.05, 0.1) is 11.3 Å². The maximum atomic E-state index is 12.4. The number of carboxylic acids is 1. The molecule has 2 aromatic carbocycles. The standard InChI is InChI=1S/C20H18N2O6/c1-2-16(23)13-5-8-17-15(9-13)22(19(25)11-28-17)10-18(24)21-14-6-3-12(4-7-14)20(26)27/h3-9H,2,10-11H2,1H3,(H,21,24)(H,26,27). The summed E-state index contributed by atoms with van der Waals surface area (Å²) in [6.45, 7) is 1.28. The van der Waals surface area contributed by atoms with Crippen LogP contribution in [-0.4, -0.2) is 41.8 Å². The molecule has 3 rings (SSSR count). The summed E-state index contributed by atoms with van der Waals surface area (Å²) in [7, 11) is 0. The van der Waals surface area contributed by atoms with Gasteiger partial charge in [0.2, 0.25) is 5.91 Å². The first-order valence-electron chi connectivity index (χ1n) is 8.62. The highest BCUT2D eigenvalue weighted by Gasteiger charge is 2.28. The Hall–Kier alpha value is -3.68. The first-order chi connectivity index (χ1) is 13.4. The van der Waals surface area contributed by atoms with Crippen molar-refractivity contribution in [1.82, 2.24) is 0 Å². The molecule has 8 heteroatoms. The Morgan fingerprint density at radius 2 is 1.79 bits per heavy atom. The zero-order chi connectivity index (χ0) is 20.3. The minimum atomic E-state index is -1.06. The van der Waals surface area contributed by atoms with E-state index in [0.29, 0.717) is 29.1 Å². The number of rotatable bonds is 6. The molecule has 0 bridgehead atoms. The van der Waals surface area contributed by atoms with Gasteiger partial charge in [0.1, 0.15) is 12.3 Å². The largest absolute Gasteiger partial charge is 0.482 e. The van der Waals surface area contributed by atoms with E-state index in [9.17, 15) is 19.2 Å². The average molecular weight is 382 g/mol. The van der Waals surface area contributed by atoms with Gasteiger partial charge in [-0.05, 0) is 42.5 Å². The number of aromatic carboxylic acids is 1. The van der Waals surface area contributed by atoms with Crippen LogP contribution in [0, 0.1) is 0 Å². The van der Waals surface area contributed by atoms with Crippen molar-refractivity contribution in [2.75, 3.05) is 23.4 Å². The molecule has 0 aromatic heterocycles. The van der Waals surface area contributed by atoms with Crippen molar-refractivity contribution in [1.29, 1.82) is 0 Å². The summed E-state index contributed by atoms with van der Waals surface area (Å²) in [4.78, 5) is 48.8. The molecule has 1 heterocycles. The van der Waals surface area contributed by atoms with Crippen LogP contribution in [0.2, 0.25) is 0 Å². The number of ether oxygens (including phenoxy) is 1. The van der Waals surface area contributed by atoms with Crippen molar-refractivity contribution < 1.29 is 29.0 Å². The van der Waals surface area contributed by atoms with Crippen LogP contribution in [0.15, 0.2) is 42.5 Å². The second-order valence-corrected chi connectivity index (χ2v) is 6.16. The quantitative estimate of drug-likeness (QED) is 0.742. The fourth-order valence-corrected chi connectivity index (χ4v) is 2.79. The van der Waals surface area contributed by atoms with E-state index in [1.165, 1.54) is 29.2 Å². The van der Waals surface area contributed by atoms with E-state index in [0.717, 1.165) is 0 Å². The van der Waals surface area contributed by atoms with E-state index in [-0.39, 0.29) is 24.5 Å². The number of Topliss-reactive ketones (excluding diaryl/α,β-unsaturated/α-hetero) is 1. The Morgan fingerprint density at radius 3 is 2.43 bits per heavy atom. The highest BCUT2D eigenvalue weighted by Crippen LogP contribution is 2.33. The lowest BCUT2D eigenvalue weighted by Gasteiger charge is -2.29. The van der Waals surface area contributed by atoms with Crippen LogP contribution in [-0.2, 0) is 9.59 Å². The molecule has 0 fully saturated rings.